The van der Waals surface area contributed by atoms with Gasteiger partial charge in [-0.3, -0.25) is 0 Å². The Hall–Kier alpha value is -0.740. The van der Waals surface area contributed by atoms with Crippen LogP contribution in [0.4, 0.5) is 13.2 Å². The maximum Gasteiger partial charge on any atom is 0.416 e. The van der Waals surface area contributed by atoms with Gasteiger partial charge >= 0.3 is 6.18 Å². The molecule has 0 unspecified atom stereocenters. The van der Waals surface area contributed by atoms with Gasteiger partial charge in [0.1, 0.15) is 0 Å². The zero-order valence-corrected chi connectivity index (χ0v) is 10.1. The van der Waals surface area contributed by atoms with Gasteiger partial charge in [-0.15, -0.1) is 12.4 Å². The Balaban J connectivity index is 0.00000144. The third-order valence-electron chi connectivity index (χ3n) is 3.19. The van der Waals surface area contributed by atoms with E-state index >= 15 is 0 Å². The molecule has 1 aromatic carbocycles. The fourth-order valence-electron chi connectivity index (χ4n) is 2.03. The average Bonchev–Trinajstić information content (AvgIpc) is 2.15. The monoisotopic (exact) mass is 265 g/mol. The van der Waals surface area contributed by atoms with Gasteiger partial charge in [0.25, 0.3) is 0 Å². The Kier molecular flexibility index (Phi) is 4.10. The van der Waals surface area contributed by atoms with E-state index in [0.29, 0.717) is 6.42 Å². The van der Waals surface area contributed by atoms with E-state index < -0.39 is 11.7 Å². The maximum absolute atomic E-state index is 12.3. The molecule has 0 bridgehead atoms. The number of hydrogen-bond acceptors (Lipinski definition) is 1. The molecule has 0 amide bonds. The van der Waals surface area contributed by atoms with Gasteiger partial charge in [-0.05, 0) is 43.4 Å². The normalized spacial score (nSPS) is 18.1. The lowest BCUT2D eigenvalue weighted by molar-refractivity contribution is -0.137. The second-order valence-corrected chi connectivity index (χ2v) is 4.59. The van der Waals surface area contributed by atoms with Crippen LogP contribution in [0.25, 0.3) is 0 Å². The maximum atomic E-state index is 12.3. The number of hydrogen-bond donors (Lipinski definition) is 1. The fourth-order valence-corrected chi connectivity index (χ4v) is 2.03. The van der Waals surface area contributed by atoms with Crippen molar-refractivity contribution in [3.63, 3.8) is 0 Å². The van der Waals surface area contributed by atoms with E-state index in [1.54, 1.807) is 0 Å². The first-order chi connectivity index (χ1) is 7.39. The third kappa shape index (κ3) is 3.36. The highest BCUT2D eigenvalue weighted by Gasteiger charge is 2.33. The van der Waals surface area contributed by atoms with Gasteiger partial charge in [0.05, 0.1) is 5.56 Å². The summed E-state index contributed by atoms with van der Waals surface area (Å²) in [6, 6.07) is 5.29. The van der Waals surface area contributed by atoms with Crippen molar-refractivity contribution in [2.24, 2.45) is 5.73 Å². The first-order valence-electron chi connectivity index (χ1n) is 5.34. The smallest absolute Gasteiger partial charge is 0.325 e. The first-order valence-corrected chi connectivity index (χ1v) is 5.34. The van der Waals surface area contributed by atoms with Crippen LogP contribution >= 0.6 is 12.4 Å². The van der Waals surface area contributed by atoms with Crippen LogP contribution in [-0.4, -0.2) is 5.54 Å². The molecule has 0 spiro atoms. The molecule has 0 radical (unpaired) electrons. The second-order valence-electron chi connectivity index (χ2n) is 4.59. The summed E-state index contributed by atoms with van der Waals surface area (Å²) in [5, 5.41) is 0. The highest BCUT2D eigenvalue weighted by atomic mass is 35.5. The van der Waals surface area contributed by atoms with Gasteiger partial charge in [-0.1, -0.05) is 12.1 Å². The summed E-state index contributed by atoms with van der Waals surface area (Å²) >= 11 is 0. The van der Waals surface area contributed by atoms with Crippen molar-refractivity contribution in [1.29, 1.82) is 0 Å². The molecule has 0 aromatic heterocycles. The Labute approximate surface area is 105 Å². The number of rotatable bonds is 2. The van der Waals surface area contributed by atoms with Crippen LogP contribution in [0.2, 0.25) is 0 Å². The molecular weight excluding hydrogens is 251 g/mol. The predicted molar refractivity (Wildman–Crippen MR) is 63.2 cm³/mol. The summed E-state index contributed by atoms with van der Waals surface area (Å²) in [5.74, 6) is 0. The molecule has 0 saturated heterocycles. The first kappa shape index (κ1) is 14.3. The molecule has 2 N–H and O–H groups in total. The van der Waals surface area contributed by atoms with Crippen molar-refractivity contribution in [2.75, 3.05) is 0 Å². The minimum atomic E-state index is -4.25. The summed E-state index contributed by atoms with van der Waals surface area (Å²) in [4.78, 5) is 0. The Morgan fingerprint density at radius 1 is 1.12 bits per heavy atom. The van der Waals surface area contributed by atoms with Crippen molar-refractivity contribution < 1.29 is 13.2 Å². The Bertz CT molecular complexity index is 368. The van der Waals surface area contributed by atoms with E-state index in [0.717, 1.165) is 37.0 Å². The van der Waals surface area contributed by atoms with Gasteiger partial charge < -0.3 is 5.73 Å². The highest BCUT2D eigenvalue weighted by molar-refractivity contribution is 5.85. The number of alkyl halides is 3. The van der Waals surface area contributed by atoms with Gasteiger partial charge in [-0.25, -0.2) is 0 Å². The second kappa shape index (κ2) is 4.86. The minimum Gasteiger partial charge on any atom is -0.325 e. The van der Waals surface area contributed by atoms with E-state index in [9.17, 15) is 13.2 Å². The molecule has 2 rings (SSSR count). The molecule has 1 saturated carbocycles. The molecular formula is C12H15ClF3N. The van der Waals surface area contributed by atoms with Crippen LogP contribution < -0.4 is 5.73 Å². The largest absolute Gasteiger partial charge is 0.416 e. The molecule has 96 valence electrons. The Morgan fingerprint density at radius 3 is 2.00 bits per heavy atom. The number of benzene rings is 1. The molecule has 0 aliphatic heterocycles. The lowest BCUT2D eigenvalue weighted by Crippen LogP contribution is -2.48. The van der Waals surface area contributed by atoms with Crippen molar-refractivity contribution in [2.45, 2.75) is 37.4 Å². The van der Waals surface area contributed by atoms with E-state index in [2.05, 4.69) is 0 Å². The molecule has 1 aromatic rings. The van der Waals surface area contributed by atoms with Gasteiger partial charge in [-0.2, -0.15) is 13.2 Å². The standard InChI is InChI=1S/C12H14F3N.ClH/c13-12(14,15)10-4-2-9(3-5-10)8-11(16)6-1-7-11;/h2-5H,1,6-8,16H2;1H. The van der Waals surface area contributed by atoms with Crippen molar-refractivity contribution >= 4 is 12.4 Å². The zero-order chi connectivity index (χ0) is 11.8. The van der Waals surface area contributed by atoms with E-state index in [1.165, 1.54) is 12.1 Å². The van der Waals surface area contributed by atoms with Crippen LogP contribution in [0.3, 0.4) is 0 Å². The van der Waals surface area contributed by atoms with Crippen LogP contribution in [0.5, 0.6) is 0 Å². The summed E-state index contributed by atoms with van der Waals surface area (Å²) in [5.41, 5.74) is 6.14. The molecule has 0 atom stereocenters. The average molecular weight is 266 g/mol. The summed E-state index contributed by atoms with van der Waals surface area (Å²) < 4.78 is 36.9. The van der Waals surface area contributed by atoms with Crippen LogP contribution in [0, 0.1) is 0 Å². The molecule has 1 fully saturated rings. The summed E-state index contributed by atoms with van der Waals surface area (Å²) in [7, 11) is 0. The van der Waals surface area contributed by atoms with E-state index in [4.69, 9.17) is 5.73 Å². The molecule has 1 nitrogen and oxygen atoms in total. The van der Waals surface area contributed by atoms with Crippen LogP contribution in [-0.2, 0) is 12.6 Å². The molecule has 1 aliphatic rings. The van der Waals surface area contributed by atoms with Crippen molar-refractivity contribution in [1.82, 2.24) is 0 Å². The van der Waals surface area contributed by atoms with Crippen LogP contribution in [0.1, 0.15) is 30.4 Å². The Morgan fingerprint density at radius 2 is 1.65 bits per heavy atom. The molecule has 17 heavy (non-hydrogen) atoms. The lowest BCUT2D eigenvalue weighted by Gasteiger charge is -2.38. The van der Waals surface area contributed by atoms with Gasteiger partial charge in [0, 0.05) is 5.54 Å². The SMILES string of the molecule is Cl.NC1(Cc2ccc(C(F)(F)F)cc2)CCC1. The fraction of sp³-hybridized carbons (Fsp3) is 0.500. The highest BCUT2D eigenvalue weighted by Crippen LogP contribution is 2.33. The van der Waals surface area contributed by atoms with Crippen molar-refractivity contribution in [3.05, 3.63) is 35.4 Å². The number of halogens is 4. The zero-order valence-electron chi connectivity index (χ0n) is 9.26. The van der Waals surface area contributed by atoms with Crippen LogP contribution in [0.15, 0.2) is 24.3 Å². The number of nitrogens with two attached hydrogens (primary N) is 1. The topological polar surface area (TPSA) is 26.0 Å². The van der Waals surface area contributed by atoms with Gasteiger partial charge in [0.2, 0.25) is 0 Å². The predicted octanol–water partition coefficient (Wildman–Crippen LogP) is 3.55. The molecule has 1 aliphatic carbocycles. The molecule has 0 heterocycles. The minimum absolute atomic E-state index is 0. The lowest BCUT2D eigenvalue weighted by atomic mass is 9.74. The van der Waals surface area contributed by atoms with E-state index in [1.807, 2.05) is 0 Å². The summed E-state index contributed by atoms with van der Waals surface area (Å²) in [6.45, 7) is 0. The van der Waals surface area contributed by atoms with E-state index in [-0.39, 0.29) is 17.9 Å². The van der Waals surface area contributed by atoms with Gasteiger partial charge in [0.15, 0.2) is 0 Å². The molecule has 5 heteroatoms. The third-order valence-corrected chi connectivity index (χ3v) is 3.19. The van der Waals surface area contributed by atoms with Crippen molar-refractivity contribution in [3.8, 4) is 0 Å². The quantitative estimate of drug-likeness (QED) is 0.869. The summed E-state index contributed by atoms with van der Waals surface area (Å²) in [6.07, 6.45) is -0.528.